The topological polar surface area (TPSA) is 38.8 Å². The van der Waals surface area contributed by atoms with Crippen molar-refractivity contribution in [2.45, 2.75) is 49.5 Å². The fraction of sp³-hybridized carbons (Fsp3) is 0.435. The van der Waals surface area contributed by atoms with E-state index in [1.54, 1.807) is 16.7 Å². The Labute approximate surface area is 172 Å². The minimum absolute atomic E-state index is 0.0903. The largest absolute Gasteiger partial charge is 0.444 e. The number of carbonyl (C=O) groups excluding carboxylic acids is 1. The smallest absolute Gasteiger partial charge is 0.410 e. The summed E-state index contributed by atoms with van der Waals surface area (Å²) < 4.78 is 11.7. The van der Waals surface area contributed by atoms with Crippen LogP contribution in [0.1, 0.15) is 37.1 Å². The van der Waals surface area contributed by atoms with E-state index in [4.69, 9.17) is 9.47 Å². The second kappa shape index (κ2) is 9.01. The number of aryl methyl sites for hydroxylation is 1. The molecule has 5 heteroatoms. The third kappa shape index (κ3) is 5.52. The highest BCUT2D eigenvalue weighted by Crippen LogP contribution is 2.41. The first kappa shape index (κ1) is 20.7. The number of amides is 1. The molecule has 0 unspecified atom stereocenters. The quantitative estimate of drug-likeness (QED) is 0.640. The number of benzene rings is 2. The second-order valence-electron chi connectivity index (χ2n) is 8.05. The van der Waals surface area contributed by atoms with Crippen molar-refractivity contribution >= 4 is 17.9 Å². The molecule has 1 saturated heterocycles. The molecule has 1 aliphatic rings. The lowest BCUT2D eigenvalue weighted by atomic mass is 10.1. The molecule has 0 saturated carbocycles. The van der Waals surface area contributed by atoms with Crippen molar-refractivity contribution in [1.29, 1.82) is 0 Å². The molecule has 1 amide bonds. The molecule has 2 aromatic rings. The summed E-state index contributed by atoms with van der Waals surface area (Å²) in [6, 6.07) is 18.8. The third-order valence-corrected chi connectivity index (χ3v) is 6.10. The third-order valence-electron chi connectivity index (χ3n) is 4.56. The van der Waals surface area contributed by atoms with E-state index in [2.05, 4.69) is 55.5 Å². The Hall–Kier alpha value is -1.98. The highest BCUT2D eigenvalue weighted by molar-refractivity contribution is 7.99. The van der Waals surface area contributed by atoms with Crippen molar-refractivity contribution in [3.8, 4) is 0 Å². The van der Waals surface area contributed by atoms with E-state index >= 15 is 0 Å². The van der Waals surface area contributed by atoms with Crippen molar-refractivity contribution in [3.05, 3.63) is 65.7 Å². The molecule has 0 aromatic heterocycles. The van der Waals surface area contributed by atoms with Crippen LogP contribution in [0.25, 0.3) is 0 Å². The van der Waals surface area contributed by atoms with Crippen LogP contribution in [0.3, 0.4) is 0 Å². The number of hydrogen-bond acceptors (Lipinski definition) is 4. The molecule has 1 fully saturated rings. The molecule has 2 aromatic carbocycles. The van der Waals surface area contributed by atoms with Crippen molar-refractivity contribution in [2.75, 3.05) is 19.7 Å². The van der Waals surface area contributed by atoms with Gasteiger partial charge in [-0.25, -0.2) is 4.79 Å². The zero-order valence-corrected chi connectivity index (χ0v) is 17.9. The Kier molecular flexibility index (Phi) is 6.68. The van der Waals surface area contributed by atoms with Crippen LogP contribution >= 0.6 is 11.8 Å². The number of thioether (sulfide) groups is 1. The van der Waals surface area contributed by atoms with Crippen LogP contribution in [0.4, 0.5) is 4.79 Å². The van der Waals surface area contributed by atoms with Gasteiger partial charge in [0.05, 0.1) is 24.5 Å². The maximum absolute atomic E-state index is 12.6. The van der Waals surface area contributed by atoms with Crippen molar-refractivity contribution in [3.63, 3.8) is 0 Å². The normalized spacial score (nSPS) is 18.6. The molecule has 2 atom stereocenters. The molecule has 1 heterocycles. The molecule has 0 N–H and O–H groups in total. The predicted molar refractivity (Wildman–Crippen MR) is 114 cm³/mol. The van der Waals surface area contributed by atoms with E-state index in [9.17, 15) is 4.79 Å². The van der Waals surface area contributed by atoms with Gasteiger partial charge in [-0.1, -0.05) is 48.5 Å². The van der Waals surface area contributed by atoms with Crippen LogP contribution in [0, 0.1) is 6.92 Å². The first-order chi connectivity index (χ1) is 13.3. The van der Waals surface area contributed by atoms with Crippen LogP contribution in [0.2, 0.25) is 0 Å². The molecular formula is C23H29NO3S. The summed E-state index contributed by atoms with van der Waals surface area (Å²) in [5, 5.41) is 0.0903. The zero-order valence-electron chi connectivity index (χ0n) is 17.1. The van der Waals surface area contributed by atoms with Gasteiger partial charge in [0.15, 0.2) is 0 Å². The summed E-state index contributed by atoms with van der Waals surface area (Å²) in [6.07, 6.45) is -0.373. The zero-order chi connectivity index (χ0) is 20.1. The fourth-order valence-electron chi connectivity index (χ4n) is 3.18. The Morgan fingerprint density at radius 3 is 2.50 bits per heavy atom. The van der Waals surface area contributed by atoms with E-state index in [0.29, 0.717) is 19.7 Å². The molecule has 1 aliphatic heterocycles. The van der Waals surface area contributed by atoms with E-state index in [1.165, 1.54) is 16.0 Å². The van der Waals surface area contributed by atoms with Crippen molar-refractivity contribution in [2.24, 2.45) is 0 Å². The summed E-state index contributed by atoms with van der Waals surface area (Å²) in [4.78, 5) is 15.6. The molecule has 0 spiro atoms. The molecule has 150 valence electrons. The first-order valence-corrected chi connectivity index (χ1v) is 10.6. The minimum atomic E-state index is -0.500. The van der Waals surface area contributed by atoms with Crippen LogP contribution in [0.5, 0.6) is 0 Å². The van der Waals surface area contributed by atoms with Gasteiger partial charge in [-0.05, 0) is 44.9 Å². The fourth-order valence-corrected chi connectivity index (χ4v) is 4.47. The van der Waals surface area contributed by atoms with Crippen molar-refractivity contribution in [1.82, 2.24) is 4.90 Å². The Morgan fingerprint density at radius 1 is 1.14 bits per heavy atom. The maximum atomic E-state index is 12.6. The van der Waals surface area contributed by atoms with Gasteiger partial charge in [0, 0.05) is 11.4 Å². The maximum Gasteiger partial charge on any atom is 0.410 e. The first-order valence-electron chi connectivity index (χ1n) is 9.70. The van der Waals surface area contributed by atoms with Gasteiger partial charge in [0.2, 0.25) is 0 Å². The average molecular weight is 400 g/mol. The molecule has 28 heavy (non-hydrogen) atoms. The van der Waals surface area contributed by atoms with E-state index in [1.807, 2.05) is 26.8 Å². The van der Waals surface area contributed by atoms with Gasteiger partial charge in [-0.15, -0.1) is 11.8 Å². The molecule has 0 aliphatic carbocycles. The van der Waals surface area contributed by atoms with Gasteiger partial charge in [0.25, 0.3) is 0 Å². The molecule has 3 rings (SSSR count). The molecule has 4 nitrogen and oxygen atoms in total. The molecule has 0 bridgehead atoms. The van der Waals surface area contributed by atoms with Crippen LogP contribution in [-0.4, -0.2) is 42.4 Å². The number of nitrogens with zero attached hydrogens (tertiary/aromatic N) is 1. The highest BCUT2D eigenvalue weighted by atomic mass is 32.2. The van der Waals surface area contributed by atoms with Crippen molar-refractivity contribution < 1.29 is 14.3 Å². The van der Waals surface area contributed by atoms with Crippen LogP contribution in [-0.2, 0) is 9.47 Å². The number of hydrogen-bond donors (Lipinski definition) is 0. The van der Waals surface area contributed by atoms with Crippen LogP contribution in [0.15, 0.2) is 59.5 Å². The standard InChI is InChI=1S/C23H29NO3S/c1-17-10-8-9-13-20(17)28-21(18-11-6-5-7-12-18)19-16-24(14-15-26-19)22(25)27-23(2,3)4/h5-13,19,21H,14-16H2,1-4H3/t19-,21-/m0/s1. The summed E-state index contributed by atoms with van der Waals surface area (Å²) in [6.45, 7) is 9.40. The average Bonchev–Trinajstić information content (AvgIpc) is 2.67. The summed E-state index contributed by atoms with van der Waals surface area (Å²) >= 11 is 1.80. The lowest BCUT2D eigenvalue weighted by molar-refractivity contribution is -0.0425. The monoisotopic (exact) mass is 399 g/mol. The predicted octanol–water partition coefficient (Wildman–Crippen LogP) is 5.46. The van der Waals surface area contributed by atoms with Gasteiger partial charge in [-0.3, -0.25) is 0 Å². The molecule has 0 radical (unpaired) electrons. The van der Waals surface area contributed by atoms with Crippen LogP contribution < -0.4 is 0 Å². The number of carbonyl (C=O) groups is 1. The number of rotatable bonds is 4. The van der Waals surface area contributed by atoms with Gasteiger partial charge in [-0.2, -0.15) is 0 Å². The number of ether oxygens (including phenoxy) is 2. The minimum Gasteiger partial charge on any atom is -0.444 e. The van der Waals surface area contributed by atoms with Gasteiger partial charge >= 0.3 is 6.09 Å². The van der Waals surface area contributed by atoms with E-state index in [-0.39, 0.29) is 17.4 Å². The SMILES string of the molecule is Cc1ccccc1S[C@@H](c1ccccc1)[C@@H]1CN(C(=O)OC(C)(C)C)CCO1. The lowest BCUT2D eigenvalue weighted by Crippen LogP contribution is -2.48. The Morgan fingerprint density at radius 2 is 1.82 bits per heavy atom. The van der Waals surface area contributed by atoms with E-state index in [0.717, 1.165) is 0 Å². The summed E-state index contributed by atoms with van der Waals surface area (Å²) in [5.74, 6) is 0. The van der Waals surface area contributed by atoms with Gasteiger partial charge in [0.1, 0.15) is 5.60 Å². The summed E-state index contributed by atoms with van der Waals surface area (Å²) in [7, 11) is 0. The summed E-state index contributed by atoms with van der Waals surface area (Å²) in [5.41, 5.74) is 1.94. The Bertz CT molecular complexity index is 788. The van der Waals surface area contributed by atoms with Gasteiger partial charge < -0.3 is 14.4 Å². The lowest BCUT2D eigenvalue weighted by Gasteiger charge is -2.37. The van der Waals surface area contributed by atoms with E-state index < -0.39 is 5.60 Å². The highest BCUT2D eigenvalue weighted by Gasteiger charge is 2.34. The molecular weight excluding hydrogens is 370 g/mol. The number of morpholine rings is 1. The Balaban J connectivity index is 1.81. The second-order valence-corrected chi connectivity index (χ2v) is 9.23.